The fourth-order valence-electron chi connectivity index (χ4n) is 2.95. The van der Waals surface area contributed by atoms with Crippen molar-refractivity contribution in [2.24, 2.45) is 5.73 Å². The van der Waals surface area contributed by atoms with Crippen molar-refractivity contribution < 1.29 is 13.2 Å². The van der Waals surface area contributed by atoms with Gasteiger partial charge < -0.3 is 10.5 Å². The third-order valence-electron chi connectivity index (χ3n) is 4.19. The summed E-state index contributed by atoms with van der Waals surface area (Å²) in [6.45, 7) is 3.21. The zero-order chi connectivity index (χ0) is 14.3. The maximum Gasteiger partial charge on any atom is 0.243 e. The summed E-state index contributed by atoms with van der Waals surface area (Å²) < 4.78 is 32.7. The van der Waals surface area contributed by atoms with Gasteiger partial charge in [-0.05, 0) is 43.0 Å². The number of morpholine rings is 1. The summed E-state index contributed by atoms with van der Waals surface area (Å²) in [5.74, 6) is 0. The second-order valence-electron chi connectivity index (χ2n) is 5.57. The minimum absolute atomic E-state index is 0.0583. The number of hydrogen-bond acceptors (Lipinski definition) is 4. The molecule has 0 amide bonds. The Bertz CT molecular complexity index is 603. The van der Waals surface area contributed by atoms with Crippen molar-refractivity contribution in [1.29, 1.82) is 0 Å². The number of ether oxygens (including phenoxy) is 1. The van der Waals surface area contributed by atoms with E-state index in [0.717, 1.165) is 24.0 Å². The summed E-state index contributed by atoms with van der Waals surface area (Å²) in [7, 11) is -3.44. The van der Waals surface area contributed by atoms with Gasteiger partial charge in [0.1, 0.15) is 0 Å². The average Bonchev–Trinajstić information content (AvgIpc) is 2.77. The van der Waals surface area contributed by atoms with Crippen LogP contribution in [0.15, 0.2) is 23.1 Å². The van der Waals surface area contributed by atoms with E-state index in [1.165, 1.54) is 0 Å². The van der Waals surface area contributed by atoms with Crippen LogP contribution in [-0.4, -0.2) is 38.0 Å². The SMILES string of the molecule is Cc1ccc(S(=O)(=O)N2CC3CCC(C2)O3)cc1CN. The highest BCUT2D eigenvalue weighted by molar-refractivity contribution is 7.89. The van der Waals surface area contributed by atoms with Crippen LogP contribution in [0.25, 0.3) is 0 Å². The molecule has 6 heteroatoms. The van der Waals surface area contributed by atoms with Crippen molar-refractivity contribution in [2.75, 3.05) is 13.1 Å². The average molecular weight is 296 g/mol. The van der Waals surface area contributed by atoms with Gasteiger partial charge in [0.2, 0.25) is 10.0 Å². The van der Waals surface area contributed by atoms with Crippen molar-refractivity contribution in [1.82, 2.24) is 4.31 Å². The van der Waals surface area contributed by atoms with Gasteiger partial charge >= 0.3 is 0 Å². The largest absolute Gasteiger partial charge is 0.372 e. The highest BCUT2D eigenvalue weighted by Gasteiger charge is 2.39. The van der Waals surface area contributed by atoms with Crippen LogP contribution < -0.4 is 5.73 Å². The summed E-state index contributed by atoms with van der Waals surface area (Å²) in [4.78, 5) is 0.338. The van der Waals surface area contributed by atoms with E-state index in [2.05, 4.69) is 0 Å². The molecular weight excluding hydrogens is 276 g/mol. The van der Waals surface area contributed by atoms with E-state index in [1.54, 1.807) is 16.4 Å². The molecule has 2 heterocycles. The molecule has 2 aliphatic rings. The molecule has 20 heavy (non-hydrogen) atoms. The highest BCUT2D eigenvalue weighted by atomic mass is 32.2. The predicted octanol–water partition coefficient (Wildman–Crippen LogP) is 1.01. The monoisotopic (exact) mass is 296 g/mol. The van der Waals surface area contributed by atoms with E-state index in [0.29, 0.717) is 24.5 Å². The van der Waals surface area contributed by atoms with E-state index in [1.807, 2.05) is 13.0 Å². The number of nitrogens with two attached hydrogens (primary N) is 1. The molecule has 2 N–H and O–H groups in total. The molecule has 110 valence electrons. The molecule has 2 bridgehead atoms. The molecule has 2 unspecified atom stereocenters. The Hall–Kier alpha value is -0.950. The number of benzene rings is 1. The van der Waals surface area contributed by atoms with Crippen LogP contribution in [0.3, 0.4) is 0 Å². The molecule has 2 fully saturated rings. The lowest BCUT2D eigenvalue weighted by molar-refractivity contribution is -0.0114. The van der Waals surface area contributed by atoms with E-state index in [9.17, 15) is 8.42 Å². The Kier molecular flexibility index (Phi) is 3.58. The second-order valence-corrected chi connectivity index (χ2v) is 7.51. The van der Waals surface area contributed by atoms with E-state index < -0.39 is 10.0 Å². The third-order valence-corrected chi connectivity index (χ3v) is 6.02. The van der Waals surface area contributed by atoms with Crippen LogP contribution in [-0.2, 0) is 21.3 Å². The zero-order valence-corrected chi connectivity index (χ0v) is 12.4. The first-order valence-corrected chi connectivity index (χ1v) is 8.40. The minimum Gasteiger partial charge on any atom is -0.372 e. The zero-order valence-electron chi connectivity index (χ0n) is 11.6. The molecular formula is C14H20N2O3S. The van der Waals surface area contributed by atoms with Gasteiger partial charge in [0.25, 0.3) is 0 Å². The summed E-state index contributed by atoms with van der Waals surface area (Å²) in [6.07, 6.45) is 2.03. The minimum atomic E-state index is -3.44. The number of rotatable bonds is 3. The molecule has 0 radical (unpaired) electrons. The summed E-state index contributed by atoms with van der Waals surface area (Å²) >= 11 is 0. The second kappa shape index (κ2) is 5.11. The number of sulfonamides is 1. The Balaban J connectivity index is 1.92. The van der Waals surface area contributed by atoms with E-state index in [4.69, 9.17) is 10.5 Å². The van der Waals surface area contributed by atoms with Crippen molar-refractivity contribution in [3.63, 3.8) is 0 Å². The Morgan fingerprint density at radius 1 is 1.30 bits per heavy atom. The molecule has 2 aliphatic heterocycles. The van der Waals surface area contributed by atoms with Crippen molar-refractivity contribution in [3.8, 4) is 0 Å². The van der Waals surface area contributed by atoms with Gasteiger partial charge in [-0.15, -0.1) is 0 Å². The van der Waals surface area contributed by atoms with Gasteiger partial charge in [0.15, 0.2) is 0 Å². The van der Waals surface area contributed by atoms with Crippen molar-refractivity contribution in [3.05, 3.63) is 29.3 Å². The van der Waals surface area contributed by atoms with Gasteiger partial charge in [0.05, 0.1) is 17.1 Å². The molecule has 0 saturated carbocycles. The number of aryl methyl sites for hydroxylation is 1. The van der Waals surface area contributed by atoms with Gasteiger partial charge in [-0.25, -0.2) is 8.42 Å². The van der Waals surface area contributed by atoms with E-state index >= 15 is 0 Å². The molecule has 1 aromatic carbocycles. The molecule has 5 nitrogen and oxygen atoms in total. The molecule has 2 atom stereocenters. The van der Waals surface area contributed by atoms with Gasteiger partial charge in [0, 0.05) is 19.6 Å². The lowest BCUT2D eigenvalue weighted by Crippen LogP contribution is -2.45. The fraction of sp³-hybridized carbons (Fsp3) is 0.571. The summed E-state index contributed by atoms with van der Waals surface area (Å²) in [5.41, 5.74) is 7.57. The molecule has 3 rings (SSSR count). The van der Waals surface area contributed by atoms with Crippen LogP contribution in [0, 0.1) is 6.92 Å². The van der Waals surface area contributed by atoms with Crippen molar-refractivity contribution >= 4 is 10.0 Å². The Labute approximate surface area is 119 Å². The lowest BCUT2D eigenvalue weighted by Gasteiger charge is -2.31. The number of hydrogen-bond donors (Lipinski definition) is 1. The number of fused-ring (bicyclic) bond motifs is 2. The van der Waals surface area contributed by atoms with Gasteiger partial charge in [-0.1, -0.05) is 6.07 Å². The normalized spacial score (nSPS) is 26.9. The maximum absolute atomic E-state index is 12.7. The maximum atomic E-state index is 12.7. The first kappa shape index (κ1) is 14.0. The lowest BCUT2D eigenvalue weighted by atomic mass is 10.1. The molecule has 0 aromatic heterocycles. The predicted molar refractivity (Wildman–Crippen MR) is 75.7 cm³/mol. The van der Waals surface area contributed by atoms with Gasteiger partial charge in [-0.2, -0.15) is 4.31 Å². The summed E-state index contributed by atoms with van der Waals surface area (Å²) in [6, 6.07) is 5.19. The quantitative estimate of drug-likeness (QED) is 0.903. The van der Waals surface area contributed by atoms with Crippen molar-refractivity contribution in [2.45, 2.75) is 43.4 Å². The fourth-order valence-corrected chi connectivity index (χ4v) is 4.51. The molecule has 1 aromatic rings. The number of nitrogens with zero attached hydrogens (tertiary/aromatic N) is 1. The van der Waals surface area contributed by atoms with E-state index in [-0.39, 0.29) is 12.2 Å². The molecule has 2 saturated heterocycles. The van der Waals surface area contributed by atoms with Crippen LogP contribution in [0.1, 0.15) is 24.0 Å². The topological polar surface area (TPSA) is 72.6 Å². The first-order chi connectivity index (χ1) is 9.50. The standard InChI is InChI=1S/C14H20N2O3S/c1-10-2-5-14(6-11(10)7-15)20(17,18)16-8-12-3-4-13(9-16)19-12/h2,5-6,12-13H,3-4,7-9,15H2,1H3. The molecule has 0 spiro atoms. The van der Waals surface area contributed by atoms with Crippen LogP contribution >= 0.6 is 0 Å². The smallest absolute Gasteiger partial charge is 0.243 e. The molecule has 0 aliphatic carbocycles. The van der Waals surface area contributed by atoms with Crippen LogP contribution in [0.4, 0.5) is 0 Å². The Morgan fingerprint density at radius 3 is 2.55 bits per heavy atom. The first-order valence-electron chi connectivity index (χ1n) is 6.96. The van der Waals surface area contributed by atoms with Gasteiger partial charge in [-0.3, -0.25) is 0 Å². The summed E-state index contributed by atoms with van der Waals surface area (Å²) in [5, 5.41) is 0. The highest BCUT2D eigenvalue weighted by Crippen LogP contribution is 2.30. The Morgan fingerprint density at radius 2 is 1.95 bits per heavy atom. The third kappa shape index (κ3) is 2.37. The van der Waals surface area contributed by atoms with Crippen LogP contribution in [0.5, 0.6) is 0 Å². The van der Waals surface area contributed by atoms with Crippen LogP contribution in [0.2, 0.25) is 0 Å².